The monoisotopic (exact) mass is 264 g/mol. The van der Waals surface area contributed by atoms with Crippen LogP contribution in [0.25, 0.3) is 0 Å². The second kappa shape index (κ2) is 5.23. The van der Waals surface area contributed by atoms with Crippen LogP contribution in [-0.4, -0.2) is 23.4 Å². The average molecular weight is 264 g/mol. The maximum atomic E-state index is 12.0. The van der Waals surface area contributed by atoms with Crippen molar-refractivity contribution in [1.29, 1.82) is 0 Å². The lowest BCUT2D eigenvalue weighted by atomic mass is 10.1. The number of nitrogens with two attached hydrogens (primary N) is 2. The third-order valence-electron chi connectivity index (χ3n) is 3.25. The molecule has 0 aliphatic heterocycles. The van der Waals surface area contributed by atoms with Gasteiger partial charge in [0.05, 0.1) is 4.92 Å². The standard InChI is InChI=1S/C12H16N4O3/c13-6-10(7-1-2-7)15-12(17)8-3-4-9(14)11(5-8)16(18)19/h3-5,7,10H,1-2,6,13-14H2,(H,15,17). The number of nitrogens with one attached hydrogen (secondary N) is 1. The summed E-state index contributed by atoms with van der Waals surface area (Å²) in [6.07, 6.45) is 2.12. The summed E-state index contributed by atoms with van der Waals surface area (Å²) >= 11 is 0. The molecule has 0 aromatic heterocycles. The number of rotatable bonds is 5. The molecule has 0 saturated heterocycles. The molecule has 1 fully saturated rings. The molecule has 1 aliphatic carbocycles. The Labute approximate surface area is 110 Å². The van der Waals surface area contributed by atoms with Crippen molar-refractivity contribution < 1.29 is 9.72 Å². The van der Waals surface area contributed by atoms with Crippen LogP contribution in [0, 0.1) is 16.0 Å². The van der Waals surface area contributed by atoms with Gasteiger partial charge in [-0.25, -0.2) is 0 Å². The Morgan fingerprint density at radius 2 is 2.21 bits per heavy atom. The van der Waals surface area contributed by atoms with E-state index in [4.69, 9.17) is 11.5 Å². The molecule has 7 heteroatoms. The van der Waals surface area contributed by atoms with Crippen molar-refractivity contribution in [2.45, 2.75) is 18.9 Å². The number of nitrogen functional groups attached to an aromatic ring is 1. The Kier molecular flexibility index (Phi) is 3.66. The highest BCUT2D eigenvalue weighted by Gasteiger charge is 2.31. The number of hydrogen-bond donors (Lipinski definition) is 3. The molecule has 7 nitrogen and oxygen atoms in total. The molecule has 0 heterocycles. The van der Waals surface area contributed by atoms with Crippen molar-refractivity contribution in [1.82, 2.24) is 5.32 Å². The molecule has 5 N–H and O–H groups in total. The first-order chi connectivity index (χ1) is 9.02. The van der Waals surface area contributed by atoms with E-state index in [2.05, 4.69) is 5.32 Å². The number of amides is 1. The predicted octanol–water partition coefficient (Wildman–Crippen LogP) is 0.644. The van der Waals surface area contributed by atoms with Crippen LogP contribution in [0.2, 0.25) is 0 Å². The van der Waals surface area contributed by atoms with Crippen molar-refractivity contribution in [3.8, 4) is 0 Å². The van der Waals surface area contributed by atoms with E-state index in [1.165, 1.54) is 18.2 Å². The van der Waals surface area contributed by atoms with Gasteiger partial charge in [-0.15, -0.1) is 0 Å². The minimum Gasteiger partial charge on any atom is -0.393 e. The Hall–Kier alpha value is -2.15. The number of nitro benzene ring substituents is 1. The van der Waals surface area contributed by atoms with Gasteiger partial charge in [-0.05, 0) is 30.9 Å². The van der Waals surface area contributed by atoms with Crippen molar-refractivity contribution in [3.63, 3.8) is 0 Å². The molecule has 1 unspecified atom stereocenters. The largest absolute Gasteiger partial charge is 0.393 e. The van der Waals surface area contributed by atoms with Gasteiger partial charge in [-0.3, -0.25) is 14.9 Å². The van der Waals surface area contributed by atoms with E-state index in [9.17, 15) is 14.9 Å². The minimum absolute atomic E-state index is 0.0408. The predicted molar refractivity (Wildman–Crippen MR) is 70.5 cm³/mol. The zero-order valence-electron chi connectivity index (χ0n) is 10.3. The highest BCUT2D eigenvalue weighted by atomic mass is 16.6. The molecule has 0 spiro atoms. The van der Waals surface area contributed by atoms with Gasteiger partial charge in [0.15, 0.2) is 0 Å². The maximum Gasteiger partial charge on any atom is 0.292 e. The molecule has 1 saturated carbocycles. The van der Waals surface area contributed by atoms with Gasteiger partial charge in [0, 0.05) is 24.2 Å². The fraction of sp³-hybridized carbons (Fsp3) is 0.417. The lowest BCUT2D eigenvalue weighted by molar-refractivity contribution is -0.383. The van der Waals surface area contributed by atoms with Gasteiger partial charge in [-0.1, -0.05) is 0 Å². The summed E-state index contributed by atoms with van der Waals surface area (Å²) in [5.41, 5.74) is 11.1. The highest BCUT2D eigenvalue weighted by molar-refractivity contribution is 5.95. The number of hydrogen-bond acceptors (Lipinski definition) is 5. The summed E-state index contributed by atoms with van der Waals surface area (Å²) in [4.78, 5) is 22.2. The van der Waals surface area contributed by atoms with Crippen molar-refractivity contribution in [2.24, 2.45) is 11.7 Å². The van der Waals surface area contributed by atoms with E-state index in [0.29, 0.717) is 12.5 Å². The Bertz CT molecular complexity index is 514. The molecule has 0 bridgehead atoms. The van der Waals surface area contributed by atoms with E-state index < -0.39 is 4.92 Å². The van der Waals surface area contributed by atoms with Crippen LogP contribution >= 0.6 is 0 Å². The highest BCUT2D eigenvalue weighted by Crippen LogP contribution is 2.32. The Morgan fingerprint density at radius 1 is 1.53 bits per heavy atom. The molecule has 2 rings (SSSR count). The number of carbonyl (C=O) groups excluding carboxylic acids is 1. The van der Waals surface area contributed by atoms with Crippen LogP contribution in [0.4, 0.5) is 11.4 Å². The van der Waals surface area contributed by atoms with Crippen molar-refractivity contribution in [2.75, 3.05) is 12.3 Å². The first-order valence-electron chi connectivity index (χ1n) is 6.07. The molecule has 0 radical (unpaired) electrons. The van der Waals surface area contributed by atoms with E-state index >= 15 is 0 Å². The van der Waals surface area contributed by atoms with Gasteiger partial charge < -0.3 is 16.8 Å². The fourth-order valence-corrected chi connectivity index (χ4v) is 1.96. The third-order valence-corrected chi connectivity index (χ3v) is 3.25. The lowest BCUT2D eigenvalue weighted by Crippen LogP contribution is -2.41. The molecule has 102 valence electrons. The molecule has 1 atom stereocenters. The summed E-state index contributed by atoms with van der Waals surface area (Å²) in [7, 11) is 0. The van der Waals surface area contributed by atoms with Gasteiger partial charge in [0.2, 0.25) is 0 Å². The maximum absolute atomic E-state index is 12.0. The smallest absolute Gasteiger partial charge is 0.292 e. The number of nitrogens with zero attached hydrogens (tertiary/aromatic N) is 1. The Morgan fingerprint density at radius 3 is 2.74 bits per heavy atom. The van der Waals surface area contributed by atoms with Crippen LogP contribution in [0.3, 0.4) is 0 Å². The molecule has 19 heavy (non-hydrogen) atoms. The molecular formula is C12H16N4O3. The molecule has 1 aromatic carbocycles. The molecular weight excluding hydrogens is 248 g/mol. The van der Waals surface area contributed by atoms with Crippen LogP contribution < -0.4 is 16.8 Å². The first-order valence-corrected chi connectivity index (χ1v) is 6.07. The van der Waals surface area contributed by atoms with E-state index in [1.807, 2.05) is 0 Å². The van der Waals surface area contributed by atoms with E-state index in [-0.39, 0.29) is 28.9 Å². The summed E-state index contributed by atoms with van der Waals surface area (Å²) < 4.78 is 0. The van der Waals surface area contributed by atoms with Crippen LogP contribution in [0.1, 0.15) is 23.2 Å². The topological polar surface area (TPSA) is 124 Å². The SMILES string of the molecule is NCC(NC(=O)c1ccc(N)c([N+](=O)[O-])c1)C1CC1. The van der Waals surface area contributed by atoms with E-state index in [1.54, 1.807) is 0 Å². The summed E-state index contributed by atoms with van der Waals surface area (Å²) in [5.74, 6) is 0.0724. The quantitative estimate of drug-likeness (QED) is 0.409. The molecule has 1 aromatic rings. The van der Waals surface area contributed by atoms with Gasteiger partial charge in [-0.2, -0.15) is 0 Å². The second-order valence-electron chi connectivity index (χ2n) is 4.68. The van der Waals surface area contributed by atoms with Gasteiger partial charge >= 0.3 is 0 Å². The third kappa shape index (κ3) is 3.00. The molecule has 1 aliphatic rings. The van der Waals surface area contributed by atoms with Crippen molar-refractivity contribution >= 4 is 17.3 Å². The zero-order chi connectivity index (χ0) is 14.0. The number of nitro groups is 1. The fourth-order valence-electron chi connectivity index (χ4n) is 1.96. The first kappa shape index (κ1) is 13.3. The molecule has 1 amide bonds. The van der Waals surface area contributed by atoms with Crippen LogP contribution in [0.15, 0.2) is 18.2 Å². The summed E-state index contributed by atoms with van der Waals surface area (Å²) in [6, 6.07) is 3.95. The summed E-state index contributed by atoms with van der Waals surface area (Å²) in [5, 5.41) is 13.6. The Balaban J connectivity index is 2.14. The lowest BCUT2D eigenvalue weighted by Gasteiger charge is -2.15. The van der Waals surface area contributed by atoms with E-state index in [0.717, 1.165) is 12.8 Å². The number of anilines is 1. The average Bonchev–Trinajstić information content (AvgIpc) is 3.20. The normalized spacial score (nSPS) is 15.8. The van der Waals surface area contributed by atoms with Crippen LogP contribution in [0.5, 0.6) is 0 Å². The second-order valence-corrected chi connectivity index (χ2v) is 4.68. The van der Waals surface area contributed by atoms with Gasteiger partial charge in [0.1, 0.15) is 5.69 Å². The zero-order valence-corrected chi connectivity index (χ0v) is 10.3. The van der Waals surface area contributed by atoms with Crippen LogP contribution in [-0.2, 0) is 0 Å². The number of benzene rings is 1. The van der Waals surface area contributed by atoms with Gasteiger partial charge in [0.25, 0.3) is 11.6 Å². The minimum atomic E-state index is -0.604. The van der Waals surface area contributed by atoms with Crippen molar-refractivity contribution in [3.05, 3.63) is 33.9 Å². The summed E-state index contributed by atoms with van der Waals surface area (Å²) in [6.45, 7) is 0.369. The number of carbonyl (C=O) groups is 1.